The van der Waals surface area contributed by atoms with E-state index < -0.39 is 6.04 Å². The molecule has 3 aromatic carbocycles. The summed E-state index contributed by atoms with van der Waals surface area (Å²) in [6, 6.07) is 17.9. The molecule has 0 saturated carbocycles. The molecule has 0 aliphatic rings. The van der Waals surface area contributed by atoms with Crippen LogP contribution in [0.1, 0.15) is 5.56 Å². The molecule has 3 rings (SSSR count). The number of carbonyl (C=O) groups is 1. The summed E-state index contributed by atoms with van der Waals surface area (Å²) < 4.78 is 4.74. The number of nitrogens with two attached hydrogens (primary N) is 1. The maximum Gasteiger partial charge on any atom is 0.322 e. The molecule has 0 aliphatic heterocycles. The molecule has 0 saturated heterocycles. The van der Waals surface area contributed by atoms with Crippen molar-refractivity contribution in [3.8, 4) is 0 Å². The number of hydrogen-bond acceptors (Lipinski definition) is 3. The first-order valence-electron chi connectivity index (χ1n) is 6.93. The largest absolute Gasteiger partial charge is 0.468 e. The van der Waals surface area contributed by atoms with E-state index in [2.05, 4.69) is 30.3 Å². The quantitative estimate of drug-likeness (QED) is 0.595. The molecule has 0 spiro atoms. The monoisotopic (exact) mass is 315 g/mol. The number of esters is 1. The Hall–Kier alpha value is -2.10. The zero-order valence-electron chi connectivity index (χ0n) is 12.3. The van der Waals surface area contributed by atoms with Crippen LogP contribution >= 0.6 is 12.4 Å². The highest BCUT2D eigenvalue weighted by molar-refractivity contribution is 6.02. The van der Waals surface area contributed by atoms with Gasteiger partial charge in [-0.15, -0.1) is 12.4 Å². The number of ether oxygens (including phenoxy) is 1. The van der Waals surface area contributed by atoms with E-state index in [9.17, 15) is 4.79 Å². The second kappa shape index (κ2) is 6.77. The van der Waals surface area contributed by atoms with Crippen LogP contribution in [0.15, 0.2) is 54.6 Å². The van der Waals surface area contributed by atoms with E-state index in [1.54, 1.807) is 0 Å². The van der Waals surface area contributed by atoms with Gasteiger partial charge in [0.25, 0.3) is 0 Å². The van der Waals surface area contributed by atoms with Crippen LogP contribution in [0.2, 0.25) is 0 Å². The molecule has 0 unspecified atom stereocenters. The first-order chi connectivity index (χ1) is 10.2. The van der Waals surface area contributed by atoms with Crippen molar-refractivity contribution in [1.82, 2.24) is 0 Å². The molecule has 114 valence electrons. The van der Waals surface area contributed by atoms with E-state index in [0.29, 0.717) is 6.42 Å². The molecule has 4 heteroatoms. The highest BCUT2D eigenvalue weighted by Crippen LogP contribution is 2.29. The van der Waals surface area contributed by atoms with Crippen LogP contribution in [0.3, 0.4) is 0 Å². The maximum absolute atomic E-state index is 11.6. The third-order valence-electron chi connectivity index (χ3n) is 3.81. The Labute approximate surface area is 135 Å². The number of hydrogen-bond donors (Lipinski definition) is 1. The second-order valence-electron chi connectivity index (χ2n) is 5.13. The Kier molecular flexibility index (Phi) is 5.01. The van der Waals surface area contributed by atoms with Crippen LogP contribution in [-0.4, -0.2) is 19.1 Å². The summed E-state index contributed by atoms with van der Waals surface area (Å²) in [4.78, 5) is 11.6. The van der Waals surface area contributed by atoms with Crippen molar-refractivity contribution in [3.63, 3.8) is 0 Å². The molecular weight excluding hydrogens is 298 g/mol. The SMILES string of the molecule is COC(=O)[C@@H](N)Cc1c2ccccc2cc2ccccc12.Cl. The lowest BCUT2D eigenvalue weighted by atomic mass is 9.93. The Morgan fingerprint density at radius 3 is 2.05 bits per heavy atom. The lowest BCUT2D eigenvalue weighted by Gasteiger charge is -2.14. The summed E-state index contributed by atoms with van der Waals surface area (Å²) in [5.74, 6) is -0.382. The Morgan fingerprint density at radius 2 is 1.55 bits per heavy atom. The summed E-state index contributed by atoms with van der Waals surface area (Å²) >= 11 is 0. The van der Waals surface area contributed by atoms with Crippen molar-refractivity contribution in [2.75, 3.05) is 7.11 Å². The number of rotatable bonds is 3. The minimum absolute atomic E-state index is 0. The summed E-state index contributed by atoms with van der Waals surface area (Å²) in [5.41, 5.74) is 7.07. The molecule has 0 aromatic heterocycles. The molecular formula is C18H18ClNO2. The smallest absolute Gasteiger partial charge is 0.322 e. The van der Waals surface area contributed by atoms with E-state index in [1.165, 1.54) is 7.11 Å². The lowest BCUT2D eigenvalue weighted by molar-refractivity contribution is -0.142. The van der Waals surface area contributed by atoms with Crippen molar-refractivity contribution in [1.29, 1.82) is 0 Å². The first kappa shape index (κ1) is 16.3. The van der Waals surface area contributed by atoms with Gasteiger partial charge in [0.2, 0.25) is 0 Å². The highest BCUT2D eigenvalue weighted by Gasteiger charge is 2.17. The van der Waals surface area contributed by atoms with E-state index in [1.807, 2.05) is 24.3 Å². The van der Waals surface area contributed by atoms with Crippen LogP contribution in [0, 0.1) is 0 Å². The van der Waals surface area contributed by atoms with Gasteiger partial charge < -0.3 is 10.5 Å². The number of fused-ring (bicyclic) bond motifs is 2. The van der Waals surface area contributed by atoms with Crippen LogP contribution in [0.4, 0.5) is 0 Å². The zero-order chi connectivity index (χ0) is 14.8. The van der Waals surface area contributed by atoms with Crippen LogP contribution in [0.25, 0.3) is 21.5 Å². The molecule has 0 fully saturated rings. The number of methoxy groups -OCH3 is 1. The molecule has 2 N–H and O–H groups in total. The van der Waals surface area contributed by atoms with Gasteiger partial charge in [0, 0.05) is 0 Å². The lowest BCUT2D eigenvalue weighted by Crippen LogP contribution is -2.33. The minimum Gasteiger partial charge on any atom is -0.468 e. The fraction of sp³-hybridized carbons (Fsp3) is 0.167. The molecule has 0 aliphatic carbocycles. The Morgan fingerprint density at radius 1 is 1.05 bits per heavy atom. The van der Waals surface area contributed by atoms with Gasteiger partial charge in [-0.3, -0.25) is 4.79 Å². The predicted octanol–water partition coefficient (Wildman–Crippen LogP) is 3.46. The zero-order valence-corrected chi connectivity index (χ0v) is 13.1. The minimum atomic E-state index is -0.649. The molecule has 0 radical (unpaired) electrons. The van der Waals surface area contributed by atoms with Gasteiger partial charge in [-0.1, -0.05) is 48.5 Å². The predicted molar refractivity (Wildman–Crippen MR) is 92.4 cm³/mol. The fourth-order valence-corrected chi connectivity index (χ4v) is 2.78. The normalized spacial score (nSPS) is 11.9. The van der Waals surface area contributed by atoms with E-state index in [0.717, 1.165) is 27.1 Å². The summed E-state index contributed by atoms with van der Waals surface area (Å²) in [7, 11) is 1.36. The third kappa shape index (κ3) is 2.91. The Balaban J connectivity index is 0.00000176. The Bertz CT molecular complexity index is 762. The van der Waals surface area contributed by atoms with Crippen molar-refractivity contribution in [3.05, 3.63) is 60.2 Å². The van der Waals surface area contributed by atoms with Gasteiger partial charge in [0.15, 0.2) is 0 Å². The first-order valence-corrected chi connectivity index (χ1v) is 6.93. The summed E-state index contributed by atoms with van der Waals surface area (Å²) in [6.07, 6.45) is 0.467. The summed E-state index contributed by atoms with van der Waals surface area (Å²) in [5, 5.41) is 4.58. The maximum atomic E-state index is 11.6. The van der Waals surface area contributed by atoms with Crippen molar-refractivity contribution >= 4 is 39.9 Å². The fourth-order valence-electron chi connectivity index (χ4n) is 2.78. The molecule has 0 amide bonds. The van der Waals surface area contributed by atoms with Gasteiger partial charge in [-0.05, 0) is 39.6 Å². The van der Waals surface area contributed by atoms with Gasteiger partial charge in [0.1, 0.15) is 6.04 Å². The van der Waals surface area contributed by atoms with E-state index in [-0.39, 0.29) is 18.4 Å². The molecule has 0 heterocycles. The van der Waals surface area contributed by atoms with Crippen LogP contribution in [-0.2, 0) is 16.0 Å². The van der Waals surface area contributed by atoms with Crippen molar-refractivity contribution in [2.45, 2.75) is 12.5 Å². The third-order valence-corrected chi connectivity index (χ3v) is 3.81. The molecule has 3 aromatic rings. The molecule has 1 atom stereocenters. The molecule has 3 nitrogen and oxygen atoms in total. The van der Waals surface area contributed by atoms with Gasteiger partial charge in [-0.25, -0.2) is 0 Å². The number of carbonyl (C=O) groups excluding carboxylic acids is 1. The van der Waals surface area contributed by atoms with Crippen LogP contribution in [0.5, 0.6) is 0 Å². The molecule has 0 bridgehead atoms. The van der Waals surface area contributed by atoms with Crippen molar-refractivity contribution < 1.29 is 9.53 Å². The highest BCUT2D eigenvalue weighted by atomic mass is 35.5. The van der Waals surface area contributed by atoms with Crippen LogP contribution < -0.4 is 5.73 Å². The van der Waals surface area contributed by atoms with Crippen molar-refractivity contribution in [2.24, 2.45) is 5.73 Å². The molecule has 22 heavy (non-hydrogen) atoms. The average molecular weight is 316 g/mol. The van der Waals surface area contributed by atoms with Gasteiger partial charge in [-0.2, -0.15) is 0 Å². The van der Waals surface area contributed by atoms with E-state index >= 15 is 0 Å². The van der Waals surface area contributed by atoms with Gasteiger partial charge in [0.05, 0.1) is 7.11 Å². The number of benzene rings is 3. The summed E-state index contributed by atoms with van der Waals surface area (Å²) in [6.45, 7) is 0. The second-order valence-corrected chi connectivity index (χ2v) is 5.13. The standard InChI is InChI=1S/C18H17NO2.ClH/c1-21-18(20)17(19)11-16-14-8-4-2-6-12(14)10-13-7-3-5-9-15(13)16;/h2-10,17H,11,19H2,1H3;1H/t17-;/m0./s1. The average Bonchev–Trinajstić information content (AvgIpc) is 2.53. The van der Waals surface area contributed by atoms with Gasteiger partial charge >= 0.3 is 5.97 Å². The number of halogens is 1. The van der Waals surface area contributed by atoms with E-state index in [4.69, 9.17) is 10.5 Å². The topological polar surface area (TPSA) is 52.3 Å².